The van der Waals surface area contributed by atoms with Crippen LogP contribution < -0.4 is 5.32 Å². The summed E-state index contributed by atoms with van der Waals surface area (Å²) in [5, 5.41) is 13.5. The number of nitro benzene ring substituents is 1. The van der Waals surface area contributed by atoms with Crippen LogP contribution in [0.15, 0.2) is 42.6 Å². The largest absolute Gasteiger partial charge is 0.370 e. The van der Waals surface area contributed by atoms with Gasteiger partial charge < -0.3 is 5.32 Å². The summed E-state index contributed by atoms with van der Waals surface area (Å²) in [4.78, 5) is 13.9. The Morgan fingerprint density at radius 1 is 1.21 bits per heavy atom. The van der Waals surface area contributed by atoms with Gasteiger partial charge in [0.25, 0.3) is 5.69 Å². The first-order valence-corrected chi connectivity index (χ1v) is 5.74. The number of anilines is 1. The van der Waals surface area contributed by atoms with Crippen LogP contribution in [0.4, 0.5) is 15.9 Å². The summed E-state index contributed by atoms with van der Waals surface area (Å²) >= 11 is 0. The number of benzene rings is 1. The molecule has 0 aliphatic carbocycles. The number of hydrogen-bond donors (Lipinski definition) is 1. The van der Waals surface area contributed by atoms with Crippen molar-refractivity contribution in [1.29, 1.82) is 0 Å². The van der Waals surface area contributed by atoms with Crippen LogP contribution >= 0.6 is 0 Å². The van der Waals surface area contributed by atoms with Gasteiger partial charge in [0.1, 0.15) is 11.6 Å². The van der Waals surface area contributed by atoms with E-state index in [9.17, 15) is 14.5 Å². The van der Waals surface area contributed by atoms with Gasteiger partial charge in [-0.25, -0.2) is 9.37 Å². The Hall–Kier alpha value is -2.50. The number of halogens is 1. The standard InChI is InChI=1S/C13H12FN3O2/c14-11-3-6-13(16-9-11)15-8-7-10-1-4-12(5-2-10)17(18)19/h1-6,9H,7-8H2,(H,15,16). The Bertz CT molecular complexity index is 555. The Kier molecular flexibility index (Phi) is 4.02. The molecule has 0 amide bonds. The maximum Gasteiger partial charge on any atom is 0.269 e. The van der Waals surface area contributed by atoms with Crippen molar-refractivity contribution in [1.82, 2.24) is 4.98 Å². The van der Waals surface area contributed by atoms with Gasteiger partial charge in [-0.15, -0.1) is 0 Å². The molecular weight excluding hydrogens is 249 g/mol. The maximum atomic E-state index is 12.6. The van der Waals surface area contributed by atoms with Crippen LogP contribution in [0.2, 0.25) is 0 Å². The Balaban J connectivity index is 1.85. The molecule has 1 aromatic carbocycles. The second-order valence-electron chi connectivity index (χ2n) is 3.96. The van der Waals surface area contributed by atoms with Crippen molar-refractivity contribution in [3.8, 4) is 0 Å². The van der Waals surface area contributed by atoms with Crippen LogP contribution in [0.3, 0.4) is 0 Å². The minimum absolute atomic E-state index is 0.0805. The highest BCUT2D eigenvalue weighted by Gasteiger charge is 2.03. The normalized spacial score (nSPS) is 10.2. The predicted octanol–water partition coefficient (Wildman–Crippen LogP) is 2.78. The highest BCUT2D eigenvalue weighted by molar-refractivity contribution is 5.35. The number of nitrogens with zero attached hydrogens (tertiary/aromatic N) is 2. The average molecular weight is 261 g/mol. The molecule has 0 bridgehead atoms. The van der Waals surface area contributed by atoms with Crippen molar-refractivity contribution in [2.24, 2.45) is 0 Å². The van der Waals surface area contributed by atoms with Crippen molar-refractivity contribution in [3.63, 3.8) is 0 Å². The SMILES string of the molecule is O=[N+]([O-])c1ccc(CCNc2ccc(F)cn2)cc1. The summed E-state index contributed by atoms with van der Waals surface area (Å²) in [6, 6.07) is 9.29. The molecule has 0 aliphatic heterocycles. The lowest BCUT2D eigenvalue weighted by molar-refractivity contribution is -0.384. The molecule has 0 saturated carbocycles. The molecule has 6 heteroatoms. The van der Waals surface area contributed by atoms with Crippen molar-refractivity contribution in [2.75, 3.05) is 11.9 Å². The van der Waals surface area contributed by atoms with Crippen LogP contribution in [-0.2, 0) is 6.42 Å². The van der Waals surface area contributed by atoms with Crippen LogP contribution in [0, 0.1) is 15.9 Å². The lowest BCUT2D eigenvalue weighted by Gasteiger charge is -2.05. The molecular formula is C13H12FN3O2. The second kappa shape index (κ2) is 5.90. The molecule has 2 aromatic rings. The van der Waals surface area contributed by atoms with Crippen LogP contribution in [-0.4, -0.2) is 16.5 Å². The Morgan fingerprint density at radius 2 is 1.95 bits per heavy atom. The van der Waals surface area contributed by atoms with Gasteiger partial charge >= 0.3 is 0 Å². The van der Waals surface area contributed by atoms with E-state index in [0.717, 1.165) is 11.8 Å². The van der Waals surface area contributed by atoms with E-state index in [2.05, 4.69) is 10.3 Å². The molecule has 1 aromatic heterocycles. The Labute approximate surface area is 109 Å². The van der Waals surface area contributed by atoms with Crippen molar-refractivity contribution in [2.45, 2.75) is 6.42 Å². The van der Waals surface area contributed by atoms with Gasteiger partial charge in [-0.3, -0.25) is 10.1 Å². The molecule has 1 N–H and O–H groups in total. The number of aromatic nitrogens is 1. The summed E-state index contributed by atoms with van der Waals surface area (Å²) in [6.07, 6.45) is 1.85. The van der Waals surface area contributed by atoms with Crippen LogP contribution in [0.25, 0.3) is 0 Å². The molecule has 2 rings (SSSR count). The molecule has 0 atom stereocenters. The van der Waals surface area contributed by atoms with Crippen LogP contribution in [0.5, 0.6) is 0 Å². The smallest absolute Gasteiger partial charge is 0.269 e. The molecule has 0 radical (unpaired) electrons. The van der Waals surface area contributed by atoms with E-state index in [0.29, 0.717) is 18.8 Å². The van der Waals surface area contributed by atoms with Crippen molar-refractivity contribution in [3.05, 3.63) is 64.1 Å². The van der Waals surface area contributed by atoms with E-state index in [4.69, 9.17) is 0 Å². The second-order valence-corrected chi connectivity index (χ2v) is 3.96. The molecule has 0 spiro atoms. The lowest BCUT2D eigenvalue weighted by atomic mass is 10.1. The van der Waals surface area contributed by atoms with Gasteiger partial charge in [0.05, 0.1) is 11.1 Å². The van der Waals surface area contributed by atoms with E-state index >= 15 is 0 Å². The molecule has 0 aliphatic rings. The van der Waals surface area contributed by atoms with E-state index in [1.807, 2.05) is 0 Å². The number of rotatable bonds is 5. The average Bonchev–Trinajstić information content (AvgIpc) is 2.41. The first-order chi connectivity index (χ1) is 9.15. The fourth-order valence-electron chi connectivity index (χ4n) is 1.60. The third-order valence-corrected chi connectivity index (χ3v) is 2.59. The minimum Gasteiger partial charge on any atom is -0.370 e. The van der Waals surface area contributed by atoms with Gasteiger partial charge in [0, 0.05) is 18.7 Å². The van der Waals surface area contributed by atoms with E-state index in [1.165, 1.54) is 18.2 Å². The zero-order chi connectivity index (χ0) is 13.7. The van der Waals surface area contributed by atoms with Crippen LogP contribution in [0.1, 0.15) is 5.56 Å². The van der Waals surface area contributed by atoms with E-state index in [1.54, 1.807) is 18.2 Å². The molecule has 0 fully saturated rings. The van der Waals surface area contributed by atoms with E-state index < -0.39 is 4.92 Å². The first kappa shape index (κ1) is 12.9. The summed E-state index contributed by atoms with van der Waals surface area (Å²) in [6.45, 7) is 0.621. The summed E-state index contributed by atoms with van der Waals surface area (Å²) in [5.74, 6) is 0.226. The van der Waals surface area contributed by atoms with Crippen molar-refractivity contribution < 1.29 is 9.31 Å². The number of nitro groups is 1. The fraction of sp³-hybridized carbons (Fsp3) is 0.154. The number of hydrogen-bond acceptors (Lipinski definition) is 4. The third kappa shape index (κ3) is 3.74. The molecule has 5 nitrogen and oxygen atoms in total. The monoisotopic (exact) mass is 261 g/mol. The third-order valence-electron chi connectivity index (χ3n) is 2.59. The summed E-state index contributed by atoms with van der Waals surface area (Å²) < 4.78 is 12.6. The Morgan fingerprint density at radius 3 is 2.53 bits per heavy atom. The van der Waals surface area contributed by atoms with Gasteiger partial charge in [-0.1, -0.05) is 12.1 Å². The van der Waals surface area contributed by atoms with Gasteiger partial charge in [0.15, 0.2) is 0 Å². The molecule has 19 heavy (non-hydrogen) atoms. The van der Waals surface area contributed by atoms with Gasteiger partial charge in [0.2, 0.25) is 0 Å². The molecule has 98 valence electrons. The van der Waals surface area contributed by atoms with E-state index in [-0.39, 0.29) is 11.5 Å². The minimum atomic E-state index is -0.426. The zero-order valence-electron chi connectivity index (χ0n) is 10.0. The predicted molar refractivity (Wildman–Crippen MR) is 69.5 cm³/mol. The topological polar surface area (TPSA) is 68.1 Å². The fourth-order valence-corrected chi connectivity index (χ4v) is 1.60. The van der Waals surface area contributed by atoms with Gasteiger partial charge in [-0.05, 0) is 24.1 Å². The maximum absolute atomic E-state index is 12.6. The zero-order valence-corrected chi connectivity index (χ0v) is 10.0. The first-order valence-electron chi connectivity index (χ1n) is 5.74. The number of pyridine rings is 1. The number of non-ortho nitro benzene ring substituents is 1. The molecule has 0 unspecified atom stereocenters. The molecule has 0 saturated heterocycles. The summed E-state index contributed by atoms with van der Waals surface area (Å²) in [5.41, 5.74) is 1.07. The van der Waals surface area contributed by atoms with Gasteiger partial charge in [-0.2, -0.15) is 0 Å². The number of nitrogens with one attached hydrogen (secondary N) is 1. The highest BCUT2D eigenvalue weighted by Crippen LogP contribution is 2.12. The quantitative estimate of drug-likeness (QED) is 0.663. The lowest BCUT2D eigenvalue weighted by Crippen LogP contribution is -2.06. The molecule has 1 heterocycles. The summed E-state index contributed by atoms with van der Waals surface area (Å²) in [7, 11) is 0. The highest BCUT2D eigenvalue weighted by atomic mass is 19.1. The van der Waals surface area contributed by atoms with Crippen molar-refractivity contribution >= 4 is 11.5 Å².